The van der Waals surface area contributed by atoms with Gasteiger partial charge in [0.25, 0.3) is 5.91 Å². The Bertz CT molecular complexity index is 700. The van der Waals surface area contributed by atoms with Gasteiger partial charge in [0.05, 0.1) is 24.9 Å². The number of methoxy groups -OCH3 is 1. The summed E-state index contributed by atoms with van der Waals surface area (Å²) in [4.78, 5) is 16.9. The summed E-state index contributed by atoms with van der Waals surface area (Å²) in [5.74, 6) is 0.946. The van der Waals surface area contributed by atoms with E-state index in [2.05, 4.69) is 15.5 Å². The van der Waals surface area contributed by atoms with Crippen LogP contribution in [0.3, 0.4) is 0 Å². The van der Waals surface area contributed by atoms with E-state index in [9.17, 15) is 9.90 Å². The zero-order chi connectivity index (χ0) is 17.3. The van der Waals surface area contributed by atoms with Gasteiger partial charge < -0.3 is 19.7 Å². The number of rotatable bonds is 5. The molecule has 1 saturated carbocycles. The molecule has 0 aromatic carbocycles. The second-order valence-electron chi connectivity index (χ2n) is 6.17. The highest BCUT2D eigenvalue weighted by Gasteiger charge is 2.36. The predicted octanol–water partition coefficient (Wildman–Crippen LogP) is 1.94. The molecule has 0 spiro atoms. The molecule has 0 unspecified atom stereocenters. The smallest absolute Gasteiger partial charge is 0.257 e. The summed E-state index contributed by atoms with van der Waals surface area (Å²) in [6.45, 7) is 3.45. The molecule has 2 aromatic rings. The zero-order valence-corrected chi connectivity index (χ0v) is 13.9. The van der Waals surface area contributed by atoms with E-state index < -0.39 is 0 Å². The number of nitrogens with one attached hydrogen (secondary N) is 1. The van der Waals surface area contributed by atoms with Gasteiger partial charge in [0.2, 0.25) is 5.88 Å². The molecule has 1 aliphatic carbocycles. The lowest BCUT2D eigenvalue weighted by atomic mass is 9.75. The summed E-state index contributed by atoms with van der Waals surface area (Å²) in [5, 5.41) is 16.5. The van der Waals surface area contributed by atoms with Crippen LogP contribution in [0.2, 0.25) is 0 Å². The average molecular weight is 331 g/mol. The molecular weight excluding hydrogens is 310 g/mol. The van der Waals surface area contributed by atoms with Crippen LogP contribution in [0.1, 0.15) is 46.3 Å². The molecule has 2 heterocycles. The van der Waals surface area contributed by atoms with Crippen molar-refractivity contribution in [3.05, 3.63) is 40.9 Å². The number of carbonyl (C=O) groups is 1. The third-order valence-electron chi connectivity index (χ3n) is 4.50. The van der Waals surface area contributed by atoms with Crippen molar-refractivity contribution in [1.82, 2.24) is 15.5 Å². The molecule has 1 aliphatic rings. The van der Waals surface area contributed by atoms with E-state index in [0.29, 0.717) is 35.7 Å². The predicted molar refractivity (Wildman–Crippen MR) is 85.7 cm³/mol. The molecule has 7 heteroatoms. The van der Waals surface area contributed by atoms with Gasteiger partial charge in [-0.1, -0.05) is 11.2 Å². The van der Waals surface area contributed by atoms with Crippen LogP contribution >= 0.6 is 0 Å². The van der Waals surface area contributed by atoms with Crippen molar-refractivity contribution in [2.45, 2.75) is 38.8 Å². The number of amides is 1. The number of aliphatic hydroxyl groups excluding tert-OH is 1. The van der Waals surface area contributed by atoms with Crippen LogP contribution in [0.4, 0.5) is 0 Å². The van der Waals surface area contributed by atoms with Gasteiger partial charge in [0, 0.05) is 12.3 Å². The lowest BCUT2D eigenvalue weighted by molar-refractivity contribution is 0.0234. The maximum absolute atomic E-state index is 12.7. The molecular formula is C17H21N3O4. The monoisotopic (exact) mass is 331 g/mol. The quantitative estimate of drug-likeness (QED) is 0.869. The molecule has 7 nitrogen and oxygen atoms in total. The Morgan fingerprint density at radius 2 is 2.17 bits per heavy atom. The number of aromatic nitrogens is 2. The van der Waals surface area contributed by atoms with Crippen LogP contribution in [-0.4, -0.2) is 34.4 Å². The minimum absolute atomic E-state index is 0.166. The Kier molecular flexibility index (Phi) is 4.53. The zero-order valence-electron chi connectivity index (χ0n) is 13.9. The standard InChI is InChI=1S/C17H21N3O4/c1-9-15(10(2)24-20-9)17(22)19-16(12-6-13(21)7-12)11-4-5-14(23-3)18-8-11/h4-5,8,12-13,16,21H,6-7H2,1-3H3,(H,19,22)/t12?,13?,16-/m0/s1. The van der Waals surface area contributed by atoms with Crippen molar-refractivity contribution in [2.24, 2.45) is 5.92 Å². The Hall–Kier alpha value is -2.41. The van der Waals surface area contributed by atoms with E-state index in [0.717, 1.165) is 5.56 Å². The number of hydrogen-bond donors (Lipinski definition) is 2. The number of carbonyl (C=O) groups excluding carboxylic acids is 1. The third kappa shape index (κ3) is 3.12. The minimum atomic E-state index is -0.306. The third-order valence-corrected chi connectivity index (χ3v) is 4.50. The molecule has 1 atom stereocenters. The summed E-state index contributed by atoms with van der Waals surface area (Å²) in [5.41, 5.74) is 1.90. The molecule has 2 aromatic heterocycles. The van der Waals surface area contributed by atoms with Crippen LogP contribution in [0.15, 0.2) is 22.9 Å². The summed E-state index contributed by atoms with van der Waals surface area (Å²) < 4.78 is 10.2. The molecule has 0 aliphatic heterocycles. The molecule has 2 N–H and O–H groups in total. The van der Waals surface area contributed by atoms with Gasteiger partial charge in [-0.25, -0.2) is 4.98 Å². The number of nitrogens with zero attached hydrogens (tertiary/aromatic N) is 2. The second kappa shape index (κ2) is 6.60. The molecule has 24 heavy (non-hydrogen) atoms. The topological polar surface area (TPSA) is 97.5 Å². The number of ether oxygens (including phenoxy) is 1. The van der Waals surface area contributed by atoms with E-state index in [-0.39, 0.29) is 24.0 Å². The fourth-order valence-electron chi connectivity index (χ4n) is 3.09. The first kappa shape index (κ1) is 16.4. The van der Waals surface area contributed by atoms with E-state index >= 15 is 0 Å². The number of aryl methyl sites for hydroxylation is 2. The van der Waals surface area contributed by atoms with Crippen molar-refractivity contribution < 1.29 is 19.2 Å². The van der Waals surface area contributed by atoms with Gasteiger partial charge in [-0.2, -0.15) is 0 Å². The lowest BCUT2D eigenvalue weighted by Gasteiger charge is -2.38. The molecule has 0 radical (unpaired) electrons. The second-order valence-corrected chi connectivity index (χ2v) is 6.17. The lowest BCUT2D eigenvalue weighted by Crippen LogP contribution is -2.41. The fraction of sp³-hybridized carbons (Fsp3) is 0.471. The number of aliphatic hydroxyl groups is 1. The van der Waals surface area contributed by atoms with Gasteiger partial charge in [-0.15, -0.1) is 0 Å². The highest BCUT2D eigenvalue weighted by atomic mass is 16.5. The Morgan fingerprint density at radius 1 is 1.42 bits per heavy atom. The summed E-state index contributed by atoms with van der Waals surface area (Å²) in [6.07, 6.45) is 2.69. The van der Waals surface area contributed by atoms with Gasteiger partial charge >= 0.3 is 0 Å². The first-order chi connectivity index (χ1) is 11.5. The molecule has 1 fully saturated rings. The molecule has 1 amide bonds. The highest BCUT2D eigenvalue weighted by molar-refractivity contribution is 5.96. The first-order valence-corrected chi connectivity index (χ1v) is 7.91. The van der Waals surface area contributed by atoms with Crippen molar-refractivity contribution in [3.63, 3.8) is 0 Å². The maximum Gasteiger partial charge on any atom is 0.257 e. The van der Waals surface area contributed by atoms with Crippen LogP contribution in [-0.2, 0) is 0 Å². The average Bonchev–Trinajstić information content (AvgIpc) is 2.89. The minimum Gasteiger partial charge on any atom is -0.481 e. The van der Waals surface area contributed by atoms with Crippen molar-refractivity contribution in [3.8, 4) is 5.88 Å². The van der Waals surface area contributed by atoms with E-state index in [1.807, 2.05) is 6.07 Å². The summed E-state index contributed by atoms with van der Waals surface area (Å²) in [7, 11) is 1.56. The van der Waals surface area contributed by atoms with Crippen LogP contribution in [0, 0.1) is 19.8 Å². The number of hydrogen-bond acceptors (Lipinski definition) is 6. The van der Waals surface area contributed by atoms with Crippen molar-refractivity contribution in [2.75, 3.05) is 7.11 Å². The van der Waals surface area contributed by atoms with Gasteiger partial charge in [-0.3, -0.25) is 4.79 Å². The molecule has 0 saturated heterocycles. The SMILES string of the molecule is COc1ccc([C@H](NC(=O)c2c(C)noc2C)C2CC(O)C2)cn1. The molecule has 128 valence electrons. The number of pyridine rings is 1. The van der Waals surface area contributed by atoms with Crippen molar-refractivity contribution >= 4 is 5.91 Å². The Labute approximate surface area is 140 Å². The van der Waals surface area contributed by atoms with Gasteiger partial charge in [0.1, 0.15) is 11.3 Å². The van der Waals surface area contributed by atoms with Crippen LogP contribution in [0.25, 0.3) is 0 Å². The van der Waals surface area contributed by atoms with Gasteiger partial charge in [0.15, 0.2) is 0 Å². The van der Waals surface area contributed by atoms with Gasteiger partial charge in [-0.05, 0) is 38.2 Å². The van der Waals surface area contributed by atoms with Crippen LogP contribution < -0.4 is 10.1 Å². The van der Waals surface area contributed by atoms with E-state index in [1.54, 1.807) is 33.2 Å². The summed E-state index contributed by atoms with van der Waals surface area (Å²) >= 11 is 0. The Morgan fingerprint density at radius 3 is 2.67 bits per heavy atom. The van der Waals surface area contributed by atoms with Crippen LogP contribution in [0.5, 0.6) is 5.88 Å². The normalized spacial score (nSPS) is 21.0. The molecule has 0 bridgehead atoms. The molecule has 3 rings (SSSR count). The maximum atomic E-state index is 12.7. The van der Waals surface area contributed by atoms with Crippen molar-refractivity contribution in [1.29, 1.82) is 0 Å². The highest BCUT2D eigenvalue weighted by Crippen LogP contribution is 2.38. The van der Waals surface area contributed by atoms with E-state index in [4.69, 9.17) is 9.26 Å². The fourth-order valence-corrected chi connectivity index (χ4v) is 3.09. The van der Waals surface area contributed by atoms with E-state index in [1.165, 1.54) is 0 Å². The largest absolute Gasteiger partial charge is 0.481 e. The first-order valence-electron chi connectivity index (χ1n) is 7.91. The summed E-state index contributed by atoms with van der Waals surface area (Å²) in [6, 6.07) is 3.42. The Balaban J connectivity index is 1.83.